The van der Waals surface area contributed by atoms with Crippen molar-refractivity contribution in [2.45, 2.75) is 33.2 Å². The summed E-state index contributed by atoms with van der Waals surface area (Å²) in [7, 11) is 0. The lowest BCUT2D eigenvalue weighted by atomic mass is 10.2. The zero-order valence-electron chi connectivity index (χ0n) is 13.5. The molecule has 1 N–H and O–H groups in total. The van der Waals surface area contributed by atoms with E-state index >= 15 is 0 Å². The van der Waals surface area contributed by atoms with Gasteiger partial charge in [-0.1, -0.05) is 19.1 Å². The first kappa shape index (κ1) is 15.3. The van der Waals surface area contributed by atoms with Gasteiger partial charge in [0, 0.05) is 23.7 Å². The van der Waals surface area contributed by atoms with Crippen LogP contribution in [-0.4, -0.2) is 26.6 Å². The number of carbonyl (C=O) groups is 1. The monoisotopic (exact) mass is 312 g/mol. The minimum absolute atomic E-state index is 0.0485. The predicted molar refractivity (Wildman–Crippen MR) is 89.7 cm³/mol. The van der Waals surface area contributed by atoms with E-state index in [-0.39, 0.29) is 11.5 Å². The molecule has 0 spiro atoms. The zero-order valence-corrected chi connectivity index (χ0v) is 13.5. The number of amides is 1. The van der Waals surface area contributed by atoms with Crippen LogP contribution in [0.1, 0.15) is 32.0 Å². The summed E-state index contributed by atoms with van der Waals surface area (Å²) >= 11 is 0. The molecule has 0 saturated carbocycles. The molecule has 1 atom stereocenters. The highest BCUT2D eigenvalue weighted by molar-refractivity contribution is 5.94. The summed E-state index contributed by atoms with van der Waals surface area (Å²) in [5.74, 6) is -0.0485. The maximum Gasteiger partial charge on any atom is 0.273 e. The van der Waals surface area contributed by atoms with Gasteiger partial charge < -0.3 is 5.32 Å². The molecule has 0 aliphatic carbocycles. The van der Waals surface area contributed by atoms with Crippen molar-refractivity contribution in [1.82, 2.24) is 19.5 Å². The summed E-state index contributed by atoms with van der Waals surface area (Å²) in [5, 5.41) is 3.79. The lowest BCUT2D eigenvalue weighted by molar-refractivity contribution is -0.124. The second kappa shape index (κ2) is 5.87. The quantitative estimate of drug-likeness (QED) is 0.801. The summed E-state index contributed by atoms with van der Waals surface area (Å²) in [6, 6.07) is 8.76. The fourth-order valence-electron chi connectivity index (χ4n) is 2.90. The number of aromatic nitrogens is 3. The summed E-state index contributed by atoms with van der Waals surface area (Å²) in [6.45, 7) is 6.37. The van der Waals surface area contributed by atoms with Crippen LogP contribution in [0.15, 0.2) is 35.1 Å². The lowest BCUT2D eigenvalue weighted by Gasteiger charge is -2.18. The highest BCUT2D eigenvalue weighted by Crippen LogP contribution is 2.24. The first-order chi connectivity index (χ1) is 11.0. The van der Waals surface area contributed by atoms with Crippen molar-refractivity contribution in [2.75, 3.05) is 6.54 Å². The van der Waals surface area contributed by atoms with Crippen LogP contribution in [0.5, 0.6) is 0 Å². The van der Waals surface area contributed by atoms with Gasteiger partial charge in [-0.2, -0.15) is 4.98 Å². The summed E-state index contributed by atoms with van der Waals surface area (Å²) in [4.78, 5) is 28.4. The maximum absolute atomic E-state index is 12.4. The first-order valence-electron chi connectivity index (χ1n) is 7.82. The molecular formula is C17H20N4O2. The van der Waals surface area contributed by atoms with Crippen LogP contribution >= 0.6 is 0 Å². The number of aryl methyl sites for hydroxylation is 1. The Morgan fingerprint density at radius 2 is 2.09 bits per heavy atom. The van der Waals surface area contributed by atoms with Gasteiger partial charge in [0.15, 0.2) is 5.65 Å². The molecule has 0 aliphatic rings. The Morgan fingerprint density at radius 1 is 1.35 bits per heavy atom. The fourth-order valence-corrected chi connectivity index (χ4v) is 2.90. The normalized spacial score (nSPS) is 12.7. The Labute approximate surface area is 133 Å². The van der Waals surface area contributed by atoms with Gasteiger partial charge in [-0.3, -0.25) is 14.3 Å². The van der Waals surface area contributed by atoms with Crippen LogP contribution in [-0.2, 0) is 4.79 Å². The van der Waals surface area contributed by atoms with E-state index in [0.717, 1.165) is 23.0 Å². The molecule has 1 aromatic carbocycles. The van der Waals surface area contributed by atoms with Crippen molar-refractivity contribution in [1.29, 1.82) is 0 Å². The standard InChI is InChI=1S/C17H20N4O2/c1-4-9-18-17(23)12(3)21-14-8-6-5-7-13(14)16-19-15(22)10-11(2)20(16)21/h5-8,10,12H,4,9H2,1-3H3,(H,18,23). The number of benzene rings is 1. The molecule has 2 aromatic heterocycles. The average Bonchev–Trinajstić information content (AvgIpc) is 2.86. The summed E-state index contributed by atoms with van der Waals surface area (Å²) < 4.78 is 3.75. The number of rotatable bonds is 4. The van der Waals surface area contributed by atoms with Gasteiger partial charge in [-0.05, 0) is 32.4 Å². The predicted octanol–water partition coefficient (Wildman–Crippen LogP) is 2.04. The SMILES string of the molecule is CCCNC(=O)C(C)n1c2ccccc2c2nc(=O)cc(C)n21. The van der Waals surface area contributed by atoms with Gasteiger partial charge >= 0.3 is 0 Å². The number of para-hydroxylation sites is 1. The molecule has 6 heteroatoms. The largest absolute Gasteiger partial charge is 0.354 e. The number of nitrogens with one attached hydrogen (secondary N) is 1. The van der Waals surface area contributed by atoms with E-state index in [9.17, 15) is 9.59 Å². The molecule has 0 fully saturated rings. The van der Waals surface area contributed by atoms with Gasteiger partial charge in [0.2, 0.25) is 5.91 Å². The molecule has 3 rings (SSSR count). The van der Waals surface area contributed by atoms with Crippen molar-refractivity contribution in [2.24, 2.45) is 0 Å². The van der Waals surface area contributed by atoms with Crippen molar-refractivity contribution in [3.63, 3.8) is 0 Å². The van der Waals surface area contributed by atoms with Gasteiger partial charge in [-0.25, -0.2) is 4.52 Å². The van der Waals surface area contributed by atoms with Crippen molar-refractivity contribution in [3.05, 3.63) is 46.4 Å². The van der Waals surface area contributed by atoms with Crippen molar-refractivity contribution < 1.29 is 4.79 Å². The Bertz CT molecular complexity index is 939. The Hall–Kier alpha value is -2.63. The van der Waals surface area contributed by atoms with E-state index in [1.807, 2.05) is 54.2 Å². The molecule has 6 nitrogen and oxygen atoms in total. The Morgan fingerprint density at radius 3 is 2.83 bits per heavy atom. The number of hydrogen-bond acceptors (Lipinski definition) is 3. The van der Waals surface area contributed by atoms with E-state index < -0.39 is 6.04 Å². The molecule has 2 heterocycles. The van der Waals surface area contributed by atoms with E-state index in [1.165, 1.54) is 6.07 Å². The number of carbonyl (C=O) groups excluding carboxylic acids is 1. The molecule has 0 bridgehead atoms. The van der Waals surface area contributed by atoms with Crippen LogP contribution in [0.3, 0.4) is 0 Å². The van der Waals surface area contributed by atoms with Gasteiger partial charge in [0.25, 0.3) is 5.56 Å². The third-order valence-corrected chi connectivity index (χ3v) is 3.99. The minimum Gasteiger partial charge on any atom is -0.354 e. The van der Waals surface area contributed by atoms with Gasteiger partial charge in [-0.15, -0.1) is 0 Å². The molecule has 1 unspecified atom stereocenters. The maximum atomic E-state index is 12.4. The van der Waals surface area contributed by atoms with Crippen LogP contribution in [0.2, 0.25) is 0 Å². The summed E-state index contributed by atoms with van der Waals surface area (Å²) in [6.07, 6.45) is 0.888. The second-order valence-corrected chi connectivity index (χ2v) is 5.70. The number of nitrogens with zero attached hydrogens (tertiary/aromatic N) is 3. The molecule has 0 saturated heterocycles. The van der Waals surface area contributed by atoms with E-state index in [4.69, 9.17) is 0 Å². The van der Waals surface area contributed by atoms with E-state index in [0.29, 0.717) is 12.2 Å². The second-order valence-electron chi connectivity index (χ2n) is 5.70. The topological polar surface area (TPSA) is 68.4 Å². The molecule has 3 aromatic rings. The molecular weight excluding hydrogens is 292 g/mol. The van der Waals surface area contributed by atoms with Crippen LogP contribution in [0, 0.1) is 6.92 Å². The first-order valence-corrected chi connectivity index (χ1v) is 7.82. The Kier molecular flexibility index (Phi) is 3.90. The van der Waals surface area contributed by atoms with Gasteiger partial charge in [0.1, 0.15) is 6.04 Å². The molecule has 0 aliphatic heterocycles. The average molecular weight is 312 g/mol. The highest BCUT2D eigenvalue weighted by Gasteiger charge is 2.21. The number of fused-ring (bicyclic) bond motifs is 3. The third kappa shape index (κ3) is 2.50. The van der Waals surface area contributed by atoms with Crippen LogP contribution in [0.25, 0.3) is 16.6 Å². The molecule has 120 valence electrons. The van der Waals surface area contributed by atoms with E-state index in [2.05, 4.69) is 10.3 Å². The molecule has 1 amide bonds. The highest BCUT2D eigenvalue weighted by atomic mass is 16.2. The molecule has 23 heavy (non-hydrogen) atoms. The van der Waals surface area contributed by atoms with Crippen LogP contribution in [0.4, 0.5) is 0 Å². The minimum atomic E-state index is -0.410. The van der Waals surface area contributed by atoms with Gasteiger partial charge in [0.05, 0.1) is 5.52 Å². The Balaban J connectivity index is 2.29. The van der Waals surface area contributed by atoms with Crippen molar-refractivity contribution in [3.8, 4) is 0 Å². The smallest absolute Gasteiger partial charge is 0.273 e. The van der Waals surface area contributed by atoms with Crippen molar-refractivity contribution >= 4 is 22.5 Å². The fraction of sp³-hybridized carbons (Fsp3) is 0.353. The number of hydrogen-bond donors (Lipinski definition) is 1. The zero-order chi connectivity index (χ0) is 16.6. The summed E-state index contributed by atoms with van der Waals surface area (Å²) in [5.41, 5.74) is 1.95. The van der Waals surface area contributed by atoms with Crippen LogP contribution < -0.4 is 10.9 Å². The lowest BCUT2D eigenvalue weighted by Crippen LogP contribution is -2.33. The third-order valence-electron chi connectivity index (χ3n) is 3.99. The van der Waals surface area contributed by atoms with E-state index in [1.54, 1.807) is 0 Å². The molecule has 0 radical (unpaired) electrons.